The average molecular weight is 850 g/mol. The van der Waals surface area contributed by atoms with E-state index in [1.165, 1.54) is 19.3 Å². The first-order chi connectivity index (χ1) is 28.5. The Morgan fingerprint density at radius 2 is 1.07 bits per heavy atom. The van der Waals surface area contributed by atoms with Crippen LogP contribution in [0.5, 0.6) is 0 Å². The minimum absolute atomic E-state index is 0.0604. The SMILES string of the molecule is CCCCC/C=C\C/C=C\C/C=C\CCCCCCC(=O)OC[C@H](COP(=O)(O)OC[C@H](N)C(=O)O)OC(=O)CCC/C=C\C/C=C\C/C=C\C/C=C\CC(O)CCC. The number of hydrogen-bond donors (Lipinski definition) is 4. The molecule has 0 aliphatic rings. The Kier molecular flexibility index (Phi) is 37.8. The lowest BCUT2D eigenvalue weighted by Gasteiger charge is -2.20. The number of aliphatic carboxylic acids is 1. The van der Waals surface area contributed by atoms with Gasteiger partial charge in [-0.05, 0) is 89.9 Å². The minimum atomic E-state index is -4.75. The van der Waals surface area contributed by atoms with Gasteiger partial charge in [-0.2, -0.15) is 0 Å². The number of ether oxygens (including phenoxy) is 2. The van der Waals surface area contributed by atoms with Gasteiger partial charge in [0, 0.05) is 12.8 Å². The second-order valence-corrected chi connectivity index (χ2v) is 15.8. The maximum absolute atomic E-state index is 12.6. The van der Waals surface area contributed by atoms with Crippen molar-refractivity contribution in [2.45, 2.75) is 167 Å². The second kappa shape index (κ2) is 40.0. The largest absolute Gasteiger partial charge is 0.480 e. The monoisotopic (exact) mass is 850 g/mol. The van der Waals surface area contributed by atoms with Gasteiger partial charge in [0.15, 0.2) is 6.10 Å². The molecule has 0 saturated carbocycles. The molecule has 0 aliphatic heterocycles. The lowest BCUT2D eigenvalue weighted by Crippen LogP contribution is -2.34. The van der Waals surface area contributed by atoms with Gasteiger partial charge in [0.05, 0.1) is 19.3 Å². The van der Waals surface area contributed by atoms with Crippen LogP contribution in [0.3, 0.4) is 0 Å². The smallest absolute Gasteiger partial charge is 0.472 e. The van der Waals surface area contributed by atoms with Gasteiger partial charge in [-0.25, -0.2) is 4.57 Å². The van der Waals surface area contributed by atoms with Gasteiger partial charge in [0.2, 0.25) is 0 Å². The van der Waals surface area contributed by atoms with E-state index < -0.39 is 57.7 Å². The molecule has 0 bridgehead atoms. The van der Waals surface area contributed by atoms with Crippen molar-refractivity contribution < 1.29 is 52.6 Å². The number of phosphoric acid groups is 1. The normalized spacial score (nSPS) is 15.1. The summed E-state index contributed by atoms with van der Waals surface area (Å²) in [7, 11) is -4.75. The number of aliphatic hydroxyl groups is 1. The molecule has 13 heteroatoms. The zero-order valence-corrected chi connectivity index (χ0v) is 36.8. The number of allylic oxidation sites excluding steroid dienone is 13. The number of carbonyl (C=O) groups excluding carboxylic acids is 2. The standard InChI is InChI=1S/C46H76NO11P/c1-3-5-6-7-8-9-10-11-12-13-14-17-20-23-26-29-32-36-44(49)55-38-42(39-56-59(53,54)57-40-43(47)46(51)52)58-45(50)37-33-30-27-24-21-18-15-16-19-22-25-28-31-35-41(48)34-4-2/h8-9,11-12,14-15,17-19,22,24,27-28,31,41-43,48H,3-7,10,13,16,20-21,23,25-26,29-30,32-40,47H2,1-2H3,(H,51,52)(H,53,54)/b9-8-,12-11-,17-14-,18-15-,22-19-,27-24-,31-28-/t41?,42-,43+/m1/s1. The molecule has 4 atom stereocenters. The summed E-state index contributed by atoms with van der Waals surface area (Å²) in [4.78, 5) is 45.9. The van der Waals surface area contributed by atoms with Crippen LogP contribution in [0.2, 0.25) is 0 Å². The average Bonchev–Trinajstić information content (AvgIpc) is 3.20. The highest BCUT2D eigenvalue weighted by atomic mass is 31.2. The van der Waals surface area contributed by atoms with Gasteiger partial charge in [-0.15, -0.1) is 0 Å². The fourth-order valence-corrected chi connectivity index (χ4v) is 6.03. The number of phosphoric ester groups is 1. The van der Waals surface area contributed by atoms with Gasteiger partial charge in [-0.1, -0.05) is 131 Å². The predicted molar refractivity (Wildman–Crippen MR) is 236 cm³/mol. The van der Waals surface area contributed by atoms with Crippen LogP contribution in [0.25, 0.3) is 0 Å². The molecular weight excluding hydrogens is 773 g/mol. The van der Waals surface area contributed by atoms with Gasteiger partial charge >= 0.3 is 25.7 Å². The predicted octanol–water partition coefficient (Wildman–Crippen LogP) is 10.5. The Balaban J connectivity index is 4.55. The first-order valence-electron chi connectivity index (χ1n) is 21.7. The van der Waals surface area contributed by atoms with Crippen LogP contribution in [0.15, 0.2) is 85.1 Å². The molecule has 0 aromatic heterocycles. The third kappa shape index (κ3) is 39.8. The van der Waals surface area contributed by atoms with Crippen molar-refractivity contribution in [3.05, 3.63) is 85.1 Å². The highest BCUT2D eigenvalue weighted by Crippen LogP contribution is 2.43. The summed E-state index contributed by atoms with van der Waals surface area (Å²) < 4.78 is 32.6. The molecule has 12 nitrogen and oxygen atoms in total. The Morgan fingerprint density at radius 3 is 1.61 bits per heavy atom. The molecule has 0 aromatic carbocycles. The molecule has 0 rings (SSSR count). The highest BCUT2D eigenvalue weighted by molar-refractivity contribution is 7.47. The zero-order chi connectivity index (χ0) is 43.7. The first kappa shape index (κ1) is 55.6. The van der Waals surface area contributed by atoms with Crippen LogP contribution in [0.1, 0.15) is 149 Å². The van der Waals surface area contributed by atoms with Crippen LogP contribution in [0, 0.1) is 0 Å². The van der Waals surface area contributed by atoms with E-state index in [0.717, 1.165) is 77.0 Å². The highest BCUT2D eigenvalue weighted by Gasteiger charge is 2.28. The third-order valence-electron chi connectivity index (χ3n) is 8.67. The van der Waals surface area contributed by atoms with Crippen LogP contribution >= 0.6 is 7.82 Å². The zero-order valence-electron chi connectivity index (χ0n) is 35.9. The summed E-state index contributed by atoms with van der Waals surface area (Å²) >= 11 is 0. The van der Waals surface area contributed by atoms with E-state index in [1.807, 2.05) is 18.2 Å². The number of rotatable bonds is 39. The van der Waals surface area contributed by atoms with Crippen molar-refractivity contribution in [3.8, 4) is 0 Å². The first-order valence-corrected chi connectivity index (χ1v) is 23.2. The topological polar surface area (TPSA) is 192 Å². The summed E-state index contributed by atoms with van der Waals surface area (Å²) in [6.07, 6.45) is 45.7. The molecule has 5 N–H and O–H groups in total. The third-order valence-corrected chi connectivity index (χ3v) is 9.62. The van der Waals surface area contributed by atoms with Gasteiger partial charge in [-0.3, -0.25) is 23.4 Å². The lowest BCUT2D eigenvalue weighted by atomic mass is 10.1. The summed E-state index contributed by atoms with van der Waals surface area (Å²) in [6.45, 7) is 2.47. The molecule has 59 heavy (non-hydrogen) atoms. The second-order valence-electron chi connectivity index (χ2n) is 14.3. The van der Waals surface area contributed by atoms with Crippen molar-refractivity contribution >= 4 is 25.7 Å². The molecule has 0 radical (unpaired) electrons. The molecule has 0 saturated heterocycles. The Morgan fingerprint density at radius 1 is 0.593 bits per heavy atom. The van der Waals surface area contributed by atoms with Crippen LogP contribution in [-0.4, -0.2) is 71.1 Å². The Labute approximate surface area is 355 Å². The Hall–Kier alpha value is -3.38. The summed E-state index contributed by atoms with van der Waals surface area (Å²) in [5.41, 5.74) is 5.32. The molecular formula is C46H76NO11P. The number of carbonyl (C=O) groups is 3. The van der Waals surface area contributed by atoms with Crippen molar-refractivity contribution in [1.82, 2.24) is 0 Å². The number of unbranched alkanes of at least 4 members (excludes halogenated alkanes) is 8. The van der Waals surface area contributed by atoms with Gasteiger partial charge in [0.25, 0.3) is 0 Å². The van der Waals surface area contributed by atoms with E-state index in [0.29, 0.717) is 25.7 Å². The number of carboxylic acids is 1. The maximum atomic E-state index is 12.6. The van der Waals surface area contributed by atoms with Crippen molar-refractivity contribution in [1.29, 1.82) is 0 Å². The van der Waals surface area contributed by atoms with E-state index in [1.54, 1.807) is 0 Å². The number of hydrogen-bond acceptors (Lipinski definition) is 10. The summed E-state index contributed by atoms with van der Waals surface area (Å²) in [5.74, 6) is -2.52. The fraction of sp³-hybridized carbons (Fsp3) is 0.630. The van der Waals surface area contributed by atoms with Gasteiger partial charge in [0.1, 0.15) is 12.6 Å². The van der Waals surface area contributed by atoms with E-state index in [-0.39, 0.29) is 18.9 Å². The quantitative estimate of drug-likeness (QED) is 0.0198. The Bertz CT molecular complexity index is 1340. The van der Waals surface area contributed by atoms with E-state index >= 15 is 0 Å². The summed E-state index contributed by atoms with van der Waals surface area (Å²) in [5, 5.41) is 18.6. The van der Waals surface area contributed by atoms with Crippen LogP contribution in [-0.2, 0) is 37.5 Å². The van der Waals surface area contributed by atoms with Crippen molar-refractivity contribution in [2.75, 3.05) is 19.8 Å². The van der Waals surface area contributed by atoms with Crippen LogP contribution < -0.4 is 5.73 Å². The number of aliphatic hydroxyl groups excluding tert-OH is 1. The minimum Gasteiger partial charge on any atom is -0.480 e. The lowest BCUT2D eigenvalue weighted by molar-refractivity contribution is -0.161. The molecule has 336 valence electrons. The summed E-state index contributed by atoms with van der Waals surface area (Å²) in [6, 6.07) is -1.54. The fourth-order valence-electron chi connectivity index (χ4n) is 5.25. The molecule has 0 heterocycles. The van der Waals surface area contributed by atoms with E-state index in [4.69, 9.17) is 24.8 Å². The van der Waals surface area contributed by atoms with Crippen molar-refractivity contribution in [3.63, 3.8) is 0 Å². The number of nitrogens with two attached hydrogens (primary N) is 1. The number of carboxylic acid groups (broad SMARTS) is 1. The molecule has 0 aromatic rings. The van der Waals surface area contributed by atoms with E-state index in [2.05, 4.69) is 85.2 Å². The maximum Gasteiger partial charge on any atom is 0.472 e. The van der Waals surface area contributed by atoms with Crippen LogP contribution in [0.4, 0.5) is 0 Å². The molecule has 0 spiro atoms. The van der Waals surface area contributed by atoms with E-state index in [9.17, 15) is 28.9 Å². The number of esters is 2. The van der Waals surface area contributed by atoms with Crippen molar-refractivity contribution in [2.24, 2.45) is 5.73 Å². The molecule has 2 unspecified atom stereocenters. The molecule has 0 amide bonds. The van der Waals surface area contributed by atoms with Gasteiger partial charge < -0.3 is 30.3 Å². The molecule has 0 fully saturated rings. The molecule has 0 aliphatic carbocycles.